The van der Waals surface area contributed by atoms with Gasteiger partial charge in [-0.15, -0.1) is 0 Å². The fraction of sp³-hybridized carbons (Fsp3) is 0.413. The molecule has 0 radical (unpaired) electrons. The molecule has 5 aliphatic rings. The van der Waals surface area contributed by atoms with E-state index in [1.165, 1.54) is 24.3 Å². The van der Waals surface area contributed by atoms with Crippen LogP contribution in [0.15, 0.2) is 78.9 Å². The molecule has 0 spiro atoms. The maximum Gasteiger partial charge on any atom is 0.274 e. The van der Waals surface area contributed by atoms with Gasteiger partial charge in [0.05, 0.1) is 0 Å². The summed E-state index contributed by atoms with van der Waals surface area (Å²) in [5, 5.41) is 12.5. The fourth-order valence-corrected chi connectivity index (χ4v) is 10.2. The van der Waals surface area contributed by atoms with E-state index in [1.807, 2.05) is 24.3 Å². The number of carbonyl (C=O) groups excluding carboxylic acids is 3. The molecule has 4 heterocycles. The van der Waals surface area contributed by atoms with E-state index in [4.69, 9.17) is 0 Å². The Morgan fingerprint density at radius 1 is 0.793 bits per heavy atom. The van der Waals surface area contributed by atoms with Crippen LogP contribution in [0.1, 0.15) is 87.7 Å². The molecule has 4 aromatic carbocycles. The zero-order valence-electron chi connectivity index (χ0n) is 32.6. The summed E-state index contributed by atoms with van der Waals surface area (Å²) in [6, 6.07) is 22.3. The Morgan fingerprint density at radius 3 is 2.22 bits per heavy atom. The first kappa shape index (κ1) is 38.2. The van der Waals surface area contributed by atoms with Crippen LogP contribution in [0.25, 0.3) is 0 Å². The predicted molar refractivity (Wildman–Crippen MR) is 215 cm³/mol. The Balaban J connectivity index is 0.805. The molecule has 0 unspecified atom stereocenters. The number of fused-ring (bicyclic) bond motifs is 2. The molecule has 9 rings (SSSR count). The second kappa shape index (κ2) is 15.1. The number of benzene rings is 4. The minimum atomic E-state index is -3.15. The van der Waals surface area contributed by atoms with Gasteiger partial charge in [0.2, 0.25) is 11.8 Å². The monoisotopic (exact) mass is 791 g/mol. The van der Waals surface area contributed by atoms with Gasteiger partial charge in [-0.05, 0) is 115 Å². The van der Waals surface area contributed by atoms with E-state index >= 15 is 8.78 Å². The maximum absolute atomic E-state index is 15.7. The van der Waals surface area contributed by atoms with Gasteiger partial charge >= 0.3 is 0 Å². The highest BCUT2D eigenvalue weighted by Crippen LogP contribution is 2.55. The standard InChI is InChI=1S/C46H48F3N5O4/c1-28-22-32(47)4-9-36(28)39-25-46(48,49)40-24-35(55)8-11-38(40)43(39)30-2-5-33(6-3-30)52-16-14-29(15-17-52)26-51-18-20-53(21-19-51)34-7-10-37-31(23-34)27-54(45(37)58)41-12-13-42(56)50-44(41)57/h2-11,22-24,29,39,41,43,55H,12-21,25-27H2,1H3,(H,50,56,57)/t39-,41+,43-/m1/s1. The Labute approximate surface area is 336 Å². The number of phenolic OH excluding ortho intramolecular Hbond substituents is 1. The zero-order chi connectivity index (χ0) is 40.3. The summed E-state index contributed by atoms with van der Waals surface area (Å²) in [5.41, 5.74) is 6.34. The van der Waals surface area contributed by atoms with E-state index in [9.17, 15) is 23.9 Å². The minimum Gasteiger partial charge on any atom is -0.508 e. The SMILES string of the molecule is Cc1cc(F)ccc1[C@H]1CC(F)(F)c2cc(O)ccc2[C@H]1c1ccc(N2CCC(CN3CCN(c4ccc5c(c4)CN([C@H]4CCC(=O)NC4=O)C5=O)CC3)CC2)cc1. The van der Waals surface area contributed by atoms with E-state index in [1.54, 1.807) is 24.0 Å². The third-order valence-corrected chi connectivity index (χ3v) is 13.3. The highest BCUT2D eigenvalue weighted by Gasteiger charge is 2.47. The number of piperazine rings is 1. The number of rotatable bonds is 7. The largest absolute Gasteiger partial charge is 0.508 e. The van der Waals surface area contributed by atoms with Gasteiger partial charge in [-0.25, -0.2) is 13.2 Å². The van der Waals surface area contributed by atoms with Crippen molar-refractivity contribution in [2.75, 3.05) is 55.6 Å². The number of imide groups is 1. The second-order valence-corrected chi connectivity index (χ2v) is 16.8. The first-order valence-electron chi connectivity index (χ1n) is 20.5. The average molecular weight is 792 g/mol. The van der Waals surface area contributed by atoms with Crippen molar-refractivity contribution < 1.29 is 32.7 Å². The van der Waals surface area contributed by atoms with Crippen molar-refractivity contribution in [3.05, 3.63) is 124 Å². The molecule has 3 saturated heterocycles. The first-order valence-corrected chi connectivity index (χ1v) is 20.5. The lowest BCUT2D eigenvalue weighted by molar-refractivity contribution is -0.136. The molecule has 9 nitrogen and oxygen atoms in total. The predicted octanol–water partition coefficient (Wildman–Crippen LogP) is 7.05. The number of nitrogens with one attached hydrogen (secondary N) is 1. The Bertz CT molecular complexity index is 2250. The van der Waals surface area contributed by atoms with Crippen LogP contribution < -0.4 is 15.1 Å². The molecule has 3 atom stereocenters. The summed E-state index contributed by atoms with van der Waals surface area (Å²) in [7, 11) is 0. The number of halogens is 3. The van der Waals surface area contributed by atoms with Gasteiger partial charge in [-0.2, -0.15) is 0 Å². The Kier molecular flexibility index (Phi) is 9.94. The van der Waals surface area contributed by atoms with Crippen LogP contribution in [0.5, 0.6) is 5.75 Å². The van der Waals surface area contributed by atoms with Crippen molar-refractivity contribution in [3.63, 3.8) is 0 Å². The summed E-state index contributed by atoms with van der Waals surface area (Å²) in [4.78, 5) is 46.2. The molecule has 4 aliphatic heterocycles. The van der Waals surface area contributed by atoms with Crippen molar-refractivity contribution in [1.82, 2.24) is 15.1 Å². The van der Waals surface area contributed by atoms with Crippen LogP contribution in [0.2, 0.25) is 0 Å². The second-order valence-electron chi connectivity index (χ2n) is 16.8. The third-order valence-electron chi connectivity index (χ3n) is 13.3. The topological polar surface area (TPSA) is 96.4 Å². The van der Waals surface area contributed by atoms with Crippen LogP contribution in [-0.4, -0.2) is 84.5 Å². The number of aromatic hydroxyl groups is 1. The number of aryl methyl sites for hydroxylation is 1. The number of carbonyl (C=O) groups is 3. The van der Waals surface area contributed by atoms with Gasteiger partial charge in [0.25, 0.3) is 11.8 Å². The lowest BCUT2D eigenvalue weighted by Gasteiger charge is -2.40. The lowest BCUT2D eigenvalue weighted by Crippen LogP contribution is -2.52. The van der Waals surface area contributed by atoms with Gasteiger partial charge in [-0.3, -0.25) is 24.6 Å². The number of hydrogen-bond acceptors (Lipinski definition) is 7. The molecular formula is C46H48F3N5O4. The summed E-state index contributed by atoms with van der Waals surface area (Å²) >= 11 is 0. The third kappa shape index (κ3) is 7.20. The average Bonchev–Trinajstić information content (AvgIpc) is 3.53. The van der Waals surface area contributed by atoms with E-state index in [2.05, 4.69) is 38.2 Å². The van der Waals surface area contributed by atoms with Crippen LogP contribution >= 0.6 is 0 Å². The van der Waals surface area contributed by atoms with E-state index in [0.717, 1.165) is 81.2 Å². The van der Waals surface area contributed by atoms with Gasteiger partial charge in [-0.1, -0.05) is 24.3 Å². The van der Waals surface area contributed by atoms with E-state index < -0.39 is 36.0 Å². The van der Waals surface area contributed by atoms with E-state index in [0.29, 0.717) is 41.1 Å². The fourth-order valence-electron chi connectivity index (χ4n) is 10.2. The van der Waals surface area contributed by atoms with Gasteiger partial charge in [0, 0.05) is 99.5 Å². The molecule has 302 valence electrons. The van der Waals surface area contributed by atoms with Gasteiger partial charge in [0.15, 0.2) is 0 Å². The summed E-state index contributed by atoms with van der Waals surface area (Å²) in [6.07, 6.45) is 2.30. The van der Waals surface area contributed by atoms with Crippen molar-refractivity contribution in [2.24, 2.45) is 5.92 Å². The number of piperidine rings is 2. The highest BCUT2D eigenvalue weighted by molar-refractivity contribution is 6.05. The molecule has 0 saturated carbocycles. The number of alkyl halides is 2. The number of anilines is 2. The quantitative estimate of drug-likeness (QED) is 0.194. The lowest BCUT2D eigenvalue weighted by atomic mass is 9.67. The highest BCUT2D eigenvalue weighted by atomic mass is 19.3. The zero-order valence-corrected chi connectivity index (χ0v) is 32.6. The molecule has 0 aromatic heterocycles. The molecule has 3 amide bonds. The number of amides is 3. The number of hydrogen-bond donors (Lipinski definition) is 2. The van der Waals surface area contributed by atoms with Crippen LogP contribution in [-0.2, 0) is 22.1 Å². The summed E-state index contributed by atoms with van der Waals surface area (Å²) in [5.74, 6) is -4.95. The van der Waals surface area contributed by atoms with Gasteiger partial charge < -0.3 is 19.8 Å². The normalized spacial score (nSPS) is 23.8. The van der Waals surface area contributed by atoms with Crippen molar-refractivity contribution in [3.8, 4) is 5.75 Å². The van der Waals surface area contributed by atoms with Crippen LogP contribution in [0, 0.1) is 18.7 Å². The molecule has 2 N–H and O–H groups in total. The minimum absolute atomic E-state index is 0.151. The van der Waals surface area contributed by atoms with Crippen molar-refractivity contribution in [2.45, 2.75) is 69.4 Å². The molecule has 4 aromatic rings. The Hall–Kier alpha value is -5.36. The summed E-state index contributed by atoms with van der Waals surface area (Å²) in [6.45, 7) is 8.74. The molecule has 12 heteroatoms. The number of phenols is 1. The van der Waals surface area contributed by atoms with Gasteiger partial charge in [0.1, 0.15) is 17.6 Å². The molecule has 1 aliphatic carbocycles. The van der Waals surface area contributed by atoms with Crippen LogP contribution in [0.3, 0.4) is 0 Å². The molecule has 3 fully saturated rings. The molecular weight excluding hydrogens is 744 g/mol. The van der Waals surface area contributed by atoms with Crippen LogP contribution in [0.4, 0.5) is 24.5 Å². The smallest absolute Gasteiger partial charge is 0.274 e. The molecule has 58 heavy (non-hydrogen) atoms. The molecule has 0 bridgehead atoms. The van der Waals surface area contributed by atoms with Crippen molar-refractivity contribution >= 4 is 29.1 Å². The maximum atomic E-state index is 15.7. The van der Waals surface area contributed by atoms with E-state index in [-0.39, 0.29) is 35.5 Å². The summed E-state index contributed by atoms with van der Waals surface area (Å²) < 4.78 is 45.5. The number of nitrogens with zero attached hydrogens (tertiary/aromatic N) is 4. The Morgan fingerprint density at radius 2 is 1.50 bits per heavy atom. The van der Waals surface area contributed by atoms with Crippen molar-refractivity contribution in [1.29, 1.82) is 0 Å². The first-order chi connectivity index (χ1) is 27.9.